The van der Waals surface area contributed by atoms with Crippen molar-refractivity contribution in [2.75, 3.05) is 6.54 Å². The maximum absolute atomic E-state index is 12.5. The number of aliphatic hydroxyl groups excluding tert-OH is 1. The number of para-hydroxylation sites is 1. The largest absolute Gasteiger partial charge is 0.457 e. The molecule has 154 valence electrons. The summed E-state index contributed by atoms with van der Waals surface area (Å²) in [6.07, 6.45) is 1.46. The zero-order chi connectivity index (χ0) is 20.4. The number of hydrogen-bond donors (Lipinski definition) is 1. The Kier molecular flexibility index (Phi) is 4.37. The van der Waals surface area contributed by atoms with Gasteiger partial charge in [-0.05, 0) is 36.2 Å². The van der Waals surface area contributed by atoms with Gasteiger partial charge in [-0.25, -0.2) is 0 Å². The summed E-state index contributed by atoms with van der Waals surface area (Å²) in [5.74, 6) is -0.0909. The Labute approximate surface area is 176 Å². The number of aromatic nitrogens is 1. The molecule has 2 bridgehead atoms. The topological polar surface area (TPSA) is 57.9 Å². The highest BCUT2D eigenvalue weighted by Crippen LogP contribution is 2.45. The van der Waals surface area contributed by atoms with Gasteiger partial charge in [0.2, 0.25) is 0 Å². The van der Waals surface area contributed by atoms with Crippen molar-refractivity contribution in [3.63, 3.8) is 0 Å². The van der Waals surface area contributed by atoms with E-state index in [9.17, 15) is 9.90 Å². The highest BCUT2D eigenvalue weighted by molar-refractivity contribution is 7.80. The minimum Gasteiger partial charge on any atom is -0.457 e. The lowest BCUT2D eigenvalue weighted by atomic mass is 9.74. The van der Waals surface area contributed by atoms with E-state index >= 15 is 0 Å². The van der Waals surface area contributed by atoms with Crippen LogP contribution in [0.2, 0.25) is 0 Å². The van der Waals surface area contributed by atoms with Crippen LogP contribution in [-0.2, 0) is 23.1 Å². The van der Waals surface area contributed by atoms with Gasteiger partial charge in [-0.2, -0.15) is 0 Å². The summed E-state index contributed by atoms with van der Waals surface area (Å²) in [5.41, 5.74) is 2.37. The minimum absolute atomic E-state index is 0.0190. The number of aryl methyl sites for hydroxylation is 1. The third-order valence-electron chi connectivity index (χ3n) is 6.62. The van der Waals surface area contributed by atoms with E-state index in [1.54, 1.807) is 0 Å². The van der Waals surface area contributed by atoms with Gasteiger partial charge < -0.3 is 24.2 Å². The lowest BCUT2D eigenvalue weighted by molar-refractivity contribution is -0.199. The SMILES string of the molecule is CC(C)CN1C(=S)N(Cc2cn(C)c3ccccc23)[C@H]2[C@H]3OC(=O)[C@H](C[C@H]3O)[C@H]21. The van der Waals surface area contributed by atoms with Crippen molar-refractivity contribution in [1.29, 1.82) is 0 Å². The molecule has 0 radical (unpaired) electrons. The molecular formula is C22H27N3O3S. The van der Waals surface area contributed by atoms with E-state index in [0.717, 1.165) is 11.7 Å². The van der Waals surface area contributed by atoms with Crippen LogP contribution < -0.4 is 0 Å². The first-order valence-electron chi connectivity index (χ1n) is 10.4. The number of carbonyl (C=O) groups is 1. The standard InChI is InChI=1S/C22H27N3O3S/c1-12(2)9-24-18-15-8-17(26)20(28-21(15)27)19(18)25(22(24)29)11-13-10-23(3)16-7-5-4-6-14(13)16/h4-7,10,12,15,17-20,26H,8-9,11H2,1-3H3/t15-,17-,18-,19-,20+/m1/s1. The van der Waals surface area contributed by atoms with E-state index in [1.807, 2.05) is 6.07 Å². The Morgan fingerprint density at radius 3 is 2.76 bits per heavy atom. The summed E-state index contributed by atoms with van der Waals surface area (Å²) in [5, 5.41) is 12.6. The van der Waals surface area contributed by atoms with Crippen LogP contribution in [0.4, 0.5) is 0 Å². The van der Waals surface area contributed by atoms with Crippen LogP contribution in [0, 0.1) is 11.8 Å². The van der Waals surface area contributed by atoms with Crippen LogP contribution in [0.25, 0.3) is 10.9 Å². The average molecular weight is 414 g/mol. The number of thiocarbonyl (C=S) groups is 1. The van der Waals surface area contributed by atoms with Gasteiger partial charge in [-0.3, -0.25) is 4.79 Å². The van der Waals surface area contributed by atoms with Crippen LogP contribution in [-0.4, -0.2) is 61.4 Å². The van der Waals surface area contributed by atoms with E-state index in [1.165, 1.54) is 16.5 Å². The molecule has 1 saturated carbocycles. The number of benzene rings is 1. The van der Waals surface area contributed by atoms with Gasteiger partial charge in [0.15, 0.2) is 5.11 Å². The second-order valence-corrected chi connectivity index (χ2v) is 9.40. The number of aliphatic hydroxyl groups is 1. The third-order valence-corrected chi connectivity index (χ3v) is 7.09. The average Bonchev–Trinajstić information content (AvgIpc) is 3.14. The molecule has 1 aromatic carbocycles. The molecule has 5 atom stereocenters. The normalized spacial score (nSPS) is 31.1. The molecule has 2 aromatic rings. The maximum Gasteiger partial charge on any atom is 0.311 e. The molecule has 6 nitrogen and oxygen atoms in total. The zero-order valence-corrected chi connectivity index (χ0v) is 17.8. The van der Waals surface area contributed by atoms with Crippen molar-refractivity contribution < 1.29 is 14.6 Å². The lowest BCUT2D eigenvalue weighted by Crippen LogP contribution is -2.66. The molecule has 1 aliphatic carbocycles. The molecule has 0 unspecified atom stereocenters. The molecule has 4 fully saturated rings. The smallest absolute Gasteiger partial charge is 0.311 e. The highest BCUT2D eigenvalue weighted by Gasteiger charge is 2.62. The van der Waals surface area contributed by atoms with E-state index in [2.05, 4.69) is 59.7 Å². The van der Waals surface area contributed by atoms with Gasteiger partial charge in [0.1, 0.15) is 6.10 Å². The van der Waals surface area contributed by atoms with Crippen molar-refractivity contribution in [1.82, 2.24) is 14.4 Å². The Morgan fingerprint density at radius 1 is 1.24 bits per heavy atom. The highest BCUT2D eigenvalue weighted by atomic mass is 32.1. The number of esters is 1. The van der Waals surface area contributed by atoms with Crippen LogP contribution in [0.15, 0.2) is 30.5 Å². The minimum atomic E-state index is -0.629. The first-order chi connectivity index (χ1) is 13.9. The Bertz CT molecular complexity index is 987. The van der Waals surface area contributed by atoms with E-state index in [-0.39, 0.29) is 24.0 Å². The van der Waals surface area contributed by atoms with Crippen LogP contribution in [0.5, 0.6) is 0 Å². The molecule has 6 rings (SSSR count). The van der Waals surface area contributed by atoms with E-state index < -0.39 is 12.2 Å². The summed E-state index contributed by atoms with van der Waals surface area (Å²) in [6, 6.07) is 8.22. The summed E-state index contributed by atoms with van der Waals surface area (Å²) in [4.78, 5) is 16.9. The predicted molar refractivity (Wildman–Crippen MR) is 114 cm³/mol. The number of carbonyl (C=O) groups excluding carboxylic acids is 1. The predicted octanol–water partition coefficient (Wildman–Crippen LogP) is 2.28. The molecule has 7 heteroatoms. The fourth-order valence-electron chi connectivity index (χ4n) is 5.48. The molecule has 1 N–H and O–H groups in total. The number of rotatable bonds is 4. The van der Waals surface area contributed by atoms with Gasteiger partial charge in [0.25, 0.3) is 0 Å². The van der Waals surface area contributed by atoms with Crippen molar-refractivity contribution >= 4 is 34.2 Å². The summed E-state index contributed by atoms with van der Waals surface area (Å²) >= 11 is 5.93. The van der Waals surface area contributed by atoms with Gasteiger partial charge in [0.05, 0.1) is 24.1 Å². The maximum atomic E-state index is 12.5. The van der Waals surface area contributed by atoms with Crippen molar-refractivity contribution in [2.24, 2.45) is 18.9 Å². The first-order valence-corrected chi connectivity index (χ1v) is 10.8. The summed E-state index contributed by atoms with van der Waals surface area (Å²) in [6.45, 7) is 5.78. The van der Waals surface area contributed by atoms with E-state index in [0.29, 0.717) is 18.9 Å². The van der Waals surface area contributed by atoms with Gasteiger partial charge in [-0.1, -0.05) is 32.0 Å². The number of hydrogen-bond acceptors (Lipinski definition) is 4. The van der Waals surface area contributed by atoms with Gasteiger partial charge in [0, 0.05) is 37.2 Å². The second-order valence-electron chi connectivity index (χ2n) is 9.03. The van der Waals surface area contributed by atoms with Crippen LogP contribution in [0.1, 0.15) is 25.8 Å². The molecule has 3 saturated heterocycles. The Morgan fingerprint density at radius 2 is 2.00 bits per heavy atom. The molecular weight excluding hydrogens is 386 g/mol. The molecule has 29 heavy (non-hydrogen) atoms. The van der Waals surface area contributed by atoms with Crippen LogP contribution in [0.3, 0.4) is 0 Å². The number of nitrogens with zero attached hydrogens (tertiary/aromatic N) is 3. The Balaban J connectivity index is 1.55. The summed E-state index contributed by atoms with van der Waals surface area (Å²) < 4.78 is 7.79. The molecule has 4 heterocycles. The monoisotopic (exact) mass is 413 g/mol. The second kappa shape index (κ2) is 6.71. The number of ether oxygens (including phenoxy) is 1. The van der Waals surface area contributed by atoms with Gasteiger partial charge in [-0.15, -0.1) is 0 Å². The van der Waals surface area contributed by atoms with Crippen molar-refractivity contribution in [2.45, 2.75) is 51.1 Å². The zero-order valence-electron chi connectivity index (χ0n) is 17.0. The molecule has 3 aliphatic heterocycles. The summed E-state index contributed by atoms with van der Waals surface area (Å²) in [7, 11) is 2.05. The quantitative estimate of drug-likeness (QED) is 0.613. The van der Waals surface area contributed by atoms with Crippen LogP contribution >= 0.6 is 12.2 Å². The van der Waals surface area contributed by atoms with E-state index in [4.69, 9.17) is 17.0 Å². The molecule has 1 aromatic heterocycles. The fraction of sp³-hybridized carbons (Fsp3) is 0.545. The van der Waals surface area contributed by atoms with Crippen molar-refractivity contribution in [3.8, 4) is 0 Å². The molecule has 4 aliphatic rings. The molecule has 0 amide bonds. The van der Waals surface area contributed by atoms with Crippen molar-refractivity contribution in [3.05, 3.63) is 36.0 Å². The first kappa shape index (κ1) is 18.9. The molecule has 0 spiro atoms. The lowest BCUT2D eigenvalue weighted by Gasteiger charge is -2.49. The third kappa shape index (κ3) is 2.78. The van der Waals surface area contributed by atoms with Gasteiger partial charge >= 0.3 is 5.97 Å². The Hall–Kier alpha value is -2.12. The number of fused-ring (bicyclic) bond motifs is 3. The fourth-order valence-corrected chi connectivity index (χ4v) is 5.87.